The molecule has 0 radical (unpaired) electrons. The lowest BCUT2D eigenvalue weighted by molar-refractivity contribution is -0.138. The molecule has 0 aromatic carbocycles. The number of aliphatic hydroxyl groups is 1. The van der Waals surface area contributed by atoms with Crippen molar-refractivity contribution in [2.45, 2.75) is 19.2 Å². The standard InChI is InChI=1S/C8H6F5NO/c9-7(10)6-4(3-15)1-5(2-14-6)8(11,12)13/h1-2,7,15H,3H2. The Hall–Kier alpha value is -1.24. The molecule has 0 unspecified atom stereocenters. The van der Waals surface area contributed by atoms with Gasteiger partial charge >= 0.3 is 6.18 Å². The Balaban J connectivity index is 3.19. The predicted octanol–water partition coefficient (Wildman–Crippen LogP) is 2.53. The second-order valence-corrected chi connectivity index (χ2v) is 2.72. The normalized spacial score (nSPS) is 12.2. The first kappa shape index (κ1) is 11.8. The molecule has 0 amide bonds. The summed E-state index contributed by atoms with van der Waals surface area (Å²) in [5.41, 5.74) is -2.50. The molecule has 0 bridgehead atoms. The van der Waals surface area contributed by atoms with Crippen LogP contribution in [0.5, 0.6) is 0 Å². The van der Waals surface area contributed by atoms with E-state index in [2.05, 4.69) is 4.98 Å². The number of rotatable bonds is 2. The van der Waals surface area contributed by atoms with Crippen LogP contribution in [-0.2, 0) is 12.8 Å². The van der Waals surface area contributed by atoms with Gasteiger partial charge in [-0.1, -0.05) is 0 Å². The molecule has 0 saturated carbocycles. The highest BCUT2D eigenvalue weighted by molar-refractivity contribution is 5.27. The fourth-order valence-corrected chi connectivity index (χ4v) is 0.999. The third kappa shape index (κ3) is 2.62. The van der Waals surface area contributed by atoms with E-state index >= 15 is 0 Å². The summed E-state index contributed by atoms with van der Waals surface area (Å²) in [6.07, 6.45) is -7.34. The van der Waals surface area contributed by atoms with E-state index in [-0.39, 0.29) is 0 Å². The van der Waals surface area contributed by atoms with Gasteiger partial charge in [-0.3, -0.25) is 4.98 Å². The smallest absolute Gasteiger partial charge is 0.392 e. The van der Waals surface area contributed by atoms with Crippen LogP contribution in [-0.4, -0.2) is 10.1 Å². The van der Waals surface area contributed by atoms with Crippen molar-refractivity contribution in [3.05, 3.63) is 29.1 Å². The highest BCUT2D eigenvalue weighted by Gasteiger charge is 2.32. The van der Waals surface area contributed by atoms with Gasteiger partial charge in [0, 0.05) is 11.8 Å². The van der Waals surface area contributed by atoms with E-state index in [4.69, 9.17) is 5.11 Å². The molecule has 15 heavy (non-hydrogen) atoms. The molecule has 0 atom stereocenters. The highest BCUT2D eigenvalue weighted by atomic mass is 19.4. The molecule has 1 aromatic rings. The molecule has 1 N–H and O–H groups in total. The van der Waals surface area contributed by atoms with Crippen LogP contribution in [0.15, 0.2) is 12.3 Å². The second kappa shape index (κ2) is 4.09. The number of pyridine rings is 1. The third-order valence-electron chi connectivity index (χ3n) is 1.71. The van der Waals surface area contributed by atoms with Crippen LogP contribution in [0.4, 0.5) is 22.0 Å². The summed E-state index contributed by atoms with van der Waals surface area (Å²) < 4.78 is 60.8. The van der Waals surface area contributed by atoms with Crippen LogP contribution < -0.4 is 0 Å². The summed E-state index contributed by atoms with van der Waals surface area (Å²) in [4.78, 5) is 2.99. The molecule has 7 heteroatoms. The van der Waals surface area contributed by atoms with Gasteiger partial charge in [0.1, 0.15) is 5.69 Å². The Bertz CT molecular complexity index is 349. The number of aromatic nitrogens is 1. The van der Waals surface area contributed by atoms with Crippen LogP contribution in [0, 0.1) is 0 Å². The zero-order valence-corrected chi connectivity index (χ0v) is 7.22. The van der Waals surface area contributed by atoms with Gasteiger partial charge in [0.25, 0.3) is 6.43 Å². The minimum Gasteiger partial charge on any atom is -0.392 e. The number of halogens is 5. The minimum atomic E-state index is -4.66. The van der Waals surface area contributed by atoms with Crippen molar-refractivity contribution < 1.29 is 27.1 Å². The summed E-state index contributed by atoms with van der Waals surface area (Å²) in [5, 5.41) is 8.62. The second-order valence-electron chi connectivity index (χ2n) is 2.72. The molecule has 0 aliphatic rings. The van der Waals surface area contributed by atoms with Crippen molar-refractivity contribution in [1.29, 1.82) is 0 Å². The number of hydrogen-bond donors (Lipinski definition) is 1. The van der Waals surface area contributed by atoms with Crippen LogP contribution in [0.1, 0.15) is 23.2 Å². The average Bonchev–Trinajstić information content (AvgIpc) is 2.15. The number of hydrogen-bond acceptors (Lipinski definition) is 2. The molecular formula is C8H6F5NO. The molecule has 0 aliphatic heterocycles. The fraction of sp³-hybridized carbons (Fsp3) is 0.375. The van der Waals surface area contributed by atoms with E-state index in [1.165, 1.54) is 0 Å². The average molecular weight is 227 g/mol. The van der Waals surface area contributed by atoms with Crippen molar-refractivity contribution in [2.24, 2.45) is 0 Å². The van der Waals surface area contributed by atoms with Gasteiger partial charge in [-0.25, -0.2) is 8.78 Å². The lowest BCUT2D eigenvalue weighted by Crippen LogP contribution is -2.09. The highest BCUT2D eigenvalue weighted by Crippen LogP contribution is 2.31. The van der Waals surface area contributed by atoms with E-state index in [0.29, 0.717) is 12.3 Å². The van der Waals surface area contributed by atoms with Gasteiger partial charge in [-0.2, -0.15) is 13.2 Å². The van der Waals surface area contributed by atoms with Crippen LogP contribution in [0.25, 0.3) is 0 Å². The zero-order chi connectivity index (χ0) is 11.6. The molecule has 0 spiro atoms. The molecule has 2 nitrogen and oxygen atoms in total. The van der Waals surface area contributed by atoms with E-state index in [1.807, 2.05) is 0 Å². The maximum absolute atomic E-state index is 12.2. The largest absolute Gasteiger partial charge is 0.417 e. The first-order chi connectivity index (χ1) is 6.86. The summed E-state index contributed by atoms with van der Waals surface area (Å²) in [6, 6.07) is 0.467. The molecule has 1 aromatic heterocycles. The Morgan fingerprint density at radius 3 is 2.33 bits per heavy atom. The van der Waals surface area contributed by atoms with Gasteiger partial charge < -0.3 is 5.11 Å². The quantitative estimate of drug-likeness (QED) is 0.787. The van der Waals surface area contributed by atoms with E-state index < -0.39 is 36.0 Å². The number of aliphatic hydroxyl groups excluding tert-OH is 1. The van der Waals surface area contributed by atoms with Crippen molar-refractivity contribution in [3.8, 4) is 0 Å². The summed E-state index contributed by atoms with van der Waals surface area (Å²) in [6.45, 7) is -0.906. The van der Waals surface area contributed by atoms with Gasteiger partial charge in [-0.15, -0.1) is 0 Å². The molecule has 1 heterocycles. The van der Waals surface area contributed by atoms with Crippen LogP contribution in [0.2, 0.25) is 0 Å². The van der Waals surface area contributed by atoms with E-state index in [9.17, 15) is 22.0 Å². The monoisotopic (exact) mass is 227 g/mol. The maximum atomic E-state index is 12.2. The minimum absolute atomic E-state index is 0.320. The lowest BCUT2D eigenvalue weighted by atomic mass is 10.1. The van der Waals surface area contributed by atoms with Gasteiger partial charge in [0.05, 0.1) is 12.2 Å². The number of alkyl halides is 5. The SMILES string of the molecule is OCc1cc(C(F)(F)F)cnc1C(F)F. The number of nitrogens with zero attached hydrogens (tertiary/aromatic N) is 1. The Labute approximate surface area is 81.4 Å². The van der Waals surface area contributed by atoms with E-state index in [1.54, 1.807) is 0 Å². The van der Waals surface area contributed by atoms with Crippen molar-refractivity contribution in [2.75, 3.05) is 0 Å². The predicted molar refractivity (Wildman–Crippen MR) is 40.1 cm³/mol. The van der Waals surface area contributed by atoms with Crippen LogP contribution in [0.3, 0.4) is 0 Å². The molecule has 84 valence electrons. The molecule has 0 aliphatic carbocycles. The molecule has 0 fully saturated rings. The van der Waals surface area contributed by atoms with Crippen molar-refractivity contribution in [1.82, 2.24) is 4.98 Å². The molecule has 0 saturated heterocycles. The fourth-order valence-electron chi connectivity index (χ4n) is 0.999. The molecular weight excluding hydrogens is 221 g/mol. The first-order valence-corrected chi connectivity index (χ1v) is 3.81. The van der Waals surface area contributed by atoms with Gasteiger partial charge in [-0.05, 0) is 6.07 Å². The Morgan fingerprint density at radius 2 is 1.93 bits per heavy atom. The maximum Gasteiger partial charge on any atom is 0.417 e. The third-order valence-corrected chi connectivity index (χ3v) is 1.71. The van der Waals surface area contributed by atoms with Gasteiger partial charge in [0.15, 0.2) is 0 Å². The van der Waals surface area contributed by atoms with Gasteiger partial charge in [0.2, 0.25) is 0 Å². The summed E-state index contributed by atoms with van der Waals surface area (Å²) in [7, 11) is 0. The summed E-state index contributed by atoms with van der Waals surface area (Å²) >= 11 is 0. The first-order valence-electron chi connectivity index (χ1n) is 3.81. The van der Waals surface area contributed by atoms with Crippen LogP contribution >= 0.6 is 0 Å². The topological polar surface area (TPSA) is 33.1 Å². The zero-order valence-electron chi connectivity index (χ0n) is 7.22. The van der Waals surface area contributed by atoms with Crippen molar-refractivity contribution >= 4 is 0 Å². The Kier molecular flexibility index (Phi) is 3.23. The molecule has 1 rings (SSSR count). The van der Waals surface area contributed by atoms with E-state index in [0.717, 1.165) is 0 Å². The van der Waals surface area contributed by atoms with Crippen molar-refractivity contribution in [3.63, 3.8) is 0 Å². The Morgan fingerprint density at radius 1 is 1.33 bits per heavy atom. The lowest BCUT2D eigenvalue weighted by Gasteiger charge is -2.10. The summed E-state index contributed by atoms with van der Waals surface area (Å²) in [5.74, 6) is 0.